The Morgan fingerprint density at radius 2 is 1.68 bits per heavy atom. The first-order valence-electron chi connectivity index (χ1n) is 7.38. The highest BCUT2D eigenvalue weighted by molar-refractivity contribution is 5.94. The predicted molar refractivity (Wildman–Crippen MR) is 95.5 cm³/mol. The Morgan fingerprint density at radius 1 is 0.920 bits per heavy atom. The molecular formula is C16H16N8O. The van der Waals surface area contributed by atoms with E-state index in [4.69, 9.17) is 5.73 Å². The molecule has 0 saturated carbocycles. The van der Waals surface area contributed by atoms with Gasteiger partial charge in [0.25, 0.3) is 5.91 Å². The number of nitrogens with two attached hydrogens (primary N) is 1. The number of hydrazine groups is 2. The minimum Gasteiger partial charge on any atom is -0.393 e. The fourth-order valence-corrected chi connectivity index (χ4v) is 1.93. The number of hydrogen-bond donors (Lipinski definition) is 5. The highest BCUT2D eigenvalue weighted by Crippen LogP contribution is 2.21. The number of rotatable bonds is 6. The third-order valence-electron chi connectivity index (χ3n) is 3.20. The maximum Gasteiger partial charge on any atom is 0.271 e. The van der Waals surface area contributed by atoms with E-state index in [1.54, 1.807) is 18.3 Å². The maximum absolute atomic E-state index is 12.0. The number of hydrogen-bond acceptors (Lipinski definition) is 8. The summed E-state index contributed by atoms with van der Waals surface area (Å²) in [4.78, 5) is 24.0. The molecule has 0 aliphatic carbocycles. The molecule has 9 nitrogen and oxygen atoms in total. The fraction of sp³-hybridized carbons (Fsp3) is 0. The lowest BCUT2D eigenvalue weighted by molar-refractivity contribution is 0.0962. The van der Waals surface area contributed by atoms with Crippen molar-refractivity contribution in [3.8, 4) is 0 Å². The van der Waals surface area contributed by atoms with Crippen LogP contribution >= 0.6 is 0 Å². The standard InChI is InChI=1S/C16H16N8O/c17-13-14(22-21-12-6-2-1-3-7-12)19-10-20-15(13)23-24-16(25)11-5-4-8-18-9-11/h1-10,21H,17H2,(H,24,25)(H2,19,20,22,23). The van der Waals surface area contributed by atoms with E-state index in [-0.39, 0.29) is 17.4 Å². The summed E-state index contributed by atoms with van der Waals surface area (Å²) in [5.41, 5.74) is 18.6. The number of carbonyl (C=O) groups excluding carboxylic acids is 1. The second-order valence-corrected chi connectivity index (χ2v) is 4.92. The molecule has 2 aromatic heterocycles. The molecule has 3 rings (SSSR count). The lowest BCUT2D eigenvalue weighted by Crippen LogP contribution is -2.30. The van der Waals surface area contributed by atoms with Crippen molar-refractivity contribution in [1.82, 2.24) is 20.4 Å². The van der Waals surface area contributed by atoms with Gasteiger partial charge in [-0.05, 0) is 24.3 Å². The number of pyridine rings is 1. The van der Waals surface area contributed by atoms with Gasteiger partial charge in [0, 0.05) is 12.4 Å². The van der Waals surface area contributed by atoms with Crippen LogP contribution < -0.4 is 27.4 Å². The summed E-state index contributed by atoms with van der Waals surface area (Å²) in [6.45, 7) is 0. The summed E-state index contributed by atoms with van der Waals surface area (Å²) < 4.78 is 0. The lowest BCUT2D eigenvalue weighted by Gasteiger charge is -2.14. The topological polar surface area (TPSA) is 130 Å². The Bertz CT molecular complexity index is 841. The van der Waals surface area contributed by atoms with Crippen LogP contribution in [0.3, 0.4) is 0 Å². The number of nitrogen functional groups attached to an aromatic ring is 1. The largest absolute Gasteiger partial charge is 0.393 e. The molecule has 9 heteroatoms. The van der Waals surface area contributed by atoms with Crippen molar-refractivity contribution >= 4 is 28.9 Å². The zero-order valence-electron chi connectivity index (χ0n) is 13.1. The van der Waals surface area contributed by atoms with Gasteiger partial charge in [-0.25, -0.2) is 9.97 Å². The van der Waals surface area contributed by atoms with Crippen LogP contribution in [0.25, 0.3) is 0 Å². The van der Waals surface area contributed by atoms with Crippen molar-refractivity contribution in [1.29, 1.82) is 0 Å². The van der Waals surface area contributed by atoms with Gasteiger partial charge in [0.15, 0.2) is 11.6 Å². The molecule has 0 unspecified atom stereocenters. The number of nitrogens with zero attached hydrogens (tertiary/aromatic N) is 3. The number of carbonyl (C=O) groups is 1. The molecule has 25 heavy (non-hydrogen) atoms. The minimum absolute atomic E-state index is 0.248. The van der Waals surface area contributed by atoms with Gasteiger partial charge in [0.2, 0.25) is 0 Å². The van der Waals surface area contributed by atoms with E-state index in [1.165, 1.54) is 12.5 Å². The third kappa shape index (κ3) is 4.10. The zero-order valence-corrected chi connectivity index (χ0v) is 13.1. The molecule has 0 fully saturated rings. The van der Waals surface area contributed by atoms with Gasteiger partial charge in [-0.2, -0.15) is 0 Å². The Kier molecular flexibility index (Phi) is 4.86. The van der Waals surface area contributed by atoms with Crippen molar-refractivity contribution in [2.45, 2.75) is 0 Å². The van der Waals surface area contributed by atoms with Gasteiger partial charge in [-0.1, -0.05) is 18.2 Å². The lowest BCUT2D eigenvalue weighted by atomic mass is 10.3. The third-order valence-corrected chi connectivity index (χ3v) is 3.20. The summed E-state index contributed by atoms with van der Waals surface area (Å²) in [5, 5.41) is 0. The molecule has 2 heterocycles. The second-order valence-electron chi connectivity index (χ2n) is 4.92. The fourth-order valence-electron chi connectivity index (χ4n) is 1.93. The van der Waals surface area contributed by atoms with E-state index < -0.39 is 0 Å². The van der Waals surface area contributed by atoms with Gasteiger partial charge >= 0.3 is 0 Å². The van der Waals surface area contributed by atoms with Crippen molar-refractivity contribution in [2.24, 2.45) is 0 Å². The SMILES string of the molecule is Nc1c(NNC(=O)c2cccnc2)ncnc1NNc1ccccc1. The van der Waals surface area contributed by atoms with Gasteiger partial charge in [0.05, 0.1) is 11.3 Å². The molecule has 3 aromatic rings. The summed E-state index contributed by atoms with van der Waals surface area (Å²) in [6, 6.07) is 12.8. The molecule has 0 spiro atoms. The minimum atomic E-state index is -0.358. The van der Waals surface area contributed by atoms with E-state index >= 15 is 0 Å². The van der Waals surface area contributed by atoms with Gasteiger partial charge in [0.1, 0.15) is 12.0 Å². The highest BCUT2D eigenvalue weighted by atomic mass is 16.2. The monoisotopic (exact) mass is 336 g/mol. The molecule has 0 bridgehead atoms. The molecule has 0 aliphatic rings. The Hall–Kier alpha value is -3.88. The molecule has 0 atom stereocenters. The molecule has 0 aliphatic heterocycles. The van der Waals surface area contributed by atoms with Crippen LogP contribution in [0.1, 0.15) is 10.4 Å². The number of benzene rings is 1. The zero-order chi connectivity index (χ0) is 17.5. The Morgan fingerprint density at radius 3 is 2.40 bits per heavy atom. The molecular weight excluding hydrogens is 320 g/mol. The predicted octanol–water partition coefficient (Wildman–Crippen LogP) is 1.65. The van der Waals surface area contributed by atoms with Crippen LogP contribution in [0, 0.1) is 0 Å². The number of amides is 1. The first-order valence-corrected chi connectivity index (χ1v) is 7.38. The van der Waals surface area contributed by atoms with Crippen LogP contribution in [-0.4, -0.2) is 20.9 Å². The molecule has 1 amide bonds. The molecule has 6 N–H and O–H groups in total. The first kappa shape index (κ1) is 16.0. The van der Waals surface area contributed by atoms with Gasteiger partial charge < -0.3 is 5.73 Å². The van der Waals surface area contributed by atoms with Gasteiger partial charge in [-0.15, -0.1) is 0 Å². The van der Waals surface area contributed by atoms with Crippen molar-refractivity contribution in [3.05, 3.63) is 66.7 Å². The molecule has 0 radical (unpaired) electrons. The van der Waals surface area contributed by atoms with E-state index in [9.17, 15) is 4.79 Å². The Labute approximate surface area is 143 Å². The Balaban J connectivity index is 1.63. The molecule has 126 valence electrons. The van der Waals surface area contributed by atoms with Crippen LogP contribution in [0.2, 0.25) is 0 Å². The number of aromatic nitrogens is 3. The number of nitrogens with one attached hydrogen (secondary N) is 4. The van der Waals surface area contributed by atoms with Crippen molar-refractivity contribution in [2.75, 3.05) is 22.0 Å². The van der Waals surface area contributed by atoms with Crippen LogP contribution in [0.5, 0.6) is 0 Å². The quantitative estimate of drug-likeness (QED) is 0.430. The normalized spacial score (nSPS) is 9.92. The summed E-state index contributed by atoms with van der Waals surface area (Å²) in [6.07, 6.45) is 4.37. The smallest absolute Gasteiger partial charge is 0.271 e. The second kappa shape index (κ2) is 7.59. The van der Waals surface area contributed by atoms with Gasteiger partial charge in [-0.3, -0.25) is 31.5 Å². The van der Waals surface area contributed by atoms with Crippen molar-refractivity contribution in [3.63, 3.8) is 0 Å². The van der Waals surface area contributed by atoms with E-state index in [0.29, 0.717) is 11.4 Å². The maximum atomic E-state index is 12.0. The molecule has 0 saturated heterocycles. The highest BCUT2D eigenvalue weighted by Gasteiger charge is 2.10. The average molecular weight is 336 g/mol. The summed E-state index contributed by atoms with van der Waals surface area (Å²) in [5.74, 6) is 0.282. The summed E-state index contributed by atoms with van der Waals surface area (Å²) in [7, 11) is 0. The van der Waals surface area contributed by atoms with Crippen LogP contribution in [0.15, 0.2) is 61.2 Å². The van der Waals surface area contributed by atoms with E-state index in [0.717, 1.165) is 5.69 Å². The number of para-hydroxylation sites is 1. The molecule has 1 aromatic carbocycles. The van der Waals surface area contributed by atoms with Crippen LogP contribution in [0.4, 0.5) is 23.0 Å². The van der Waals surface area contributed by atoms with E-state index in [2.05, 4.69) is 36.7 Å². The van der Waals surface area contributed by atoms with Crippen molar-refractivity contribution < 1.29 is 4.79 Å². The average Bonchev–Trinajstić information content (AvgIpc) is 2.67. The number of anilines is 4. The first-order chi connectivity index (χ1) is 12.2. The van der Waals surface area contributed by atoms with Crippen LogP contribution in [-0.2, 0) is 0 Å². The summed E-state index contributed by atoms with van der Waals surface area (Å²) >= 11 is 0. The van der Waals surface area contributed by atoms with E-state index in [1.807, 2.05) is 30.3 Å².